The molecule has 0 atom stereocenters. The second-order valence-corrected chi connectivity index (χ2v) is 7.23. The van der Waals surface area contributed by atoms with E-state index in [1.807, 2.05) is 35.7 Å². The molecule has 7 nitrogen and oxygen atoms in total. The molecule has 1 aliphatic rings. The maximum absolute atomic E-state index is 12.3. The molecule has 0 radical (unpaired) electrons. The van der Waals surface area contributed by atoms with E-state index in [0.29, 0.717) is 30.8 Å². The fourth-order valence-electron chi connectivity index (χ4n) is 2.89. The van der Waals surface area contributed by atoms with Crippen molar-refractivity contribution in [2.45, 2.75) is 18.9 Å². The summed E-state index contributed by atoms with van der Waals surface area (Å²) >= 11 is 1.33. The monoisotopic (exact) mass is 386 g/mol. The standard InChI is InChI=1S/C19H22N4O3S/c24-17(13-20-18(25)16-7-4-12-27-16)21-15-8-10-23(11-9-15)19(26)22-14-5-2-1-3-6-14/h1-7,12,15H,8-11,13H2,(H,20,25)(H,21,24)(H,22,26). The topological polar surface area (TPSA) is 90.5 Å². The van der Waals surface area contributed by atoms with Gasteiger partial charge in [-0.15, -0.1) is 11.3 Å². The number of piperidine rings is 1. The van der Waals surface area contributed by atoms with Crippen LogP contribution < -0.4 is 16.0 Å². The van der Waals surface area contributed by atoms with Crippen molar-refractivity contribution < 1.29 is 14.4 Å². The van der Waals surface area contributed by atoms with E-state index in [0.717, 1.165) is 5.69 Å². The molecule has 27 heavy (non-hydrogen) atoms. The summed E-state index contributed by atoms with van der Waals surface area (Å²) in [4.78, 5) is 38.5. The molecule has 3 N–H and O–H groups in total. The van der Waals surface area contributed by atoms with Crippen molar-refractivity contribution in [1.82, 2.24) is 15.5 Å². The maximum Gasteiger partial charge on any atom is 0.321 e. The highest BCUT2D eigenvalue weighted by atomic mass is 32.1. The first-order valence-corrected chi connectivity index (χ1v) is 9.72. The quantitative estimate of drug-likeness (QED) is 0.736. The molecule has 3 rings (SSSR count). The second kappa shape index (κ2) is 9.18. The Hall–Kier alpha value is -2.87. The molecule has 0 spiro atoms. The van der Waals surface area contributed by atoms with Crippen LogP contribution in [0.25, 0.3) is 0 Å². The first-order chi connectivity index (χ1) is 13.1. The van der Waals surface area contributed by atoms with Crippen molar-refractivity contribution in [3.8, 4) is 0 Å². The molecule has 1 saturated heterocycles. The number of nitrogens with one attached hydrogen (secondary N) is 3. The summed E-state index contributed by atoms with van der Waals surface area (Å²) in [5.74, 6) is -0.459. The summed E-state index contributed by atoms with van der Waals surface area (Å²) in [6.45, 7) is 1.10. The number of carbonyl (C=O) groups excluding carboxylic acids is 3. The number of nitrogens with zero attached hydrogens (tertiary/aromatic N) is 1. The van der Waals surface area contributed by atoms with Gasteiger partial charge in [-0.25, -0.2) is 4.79 Å². The van der Waals surface area contributed by atoms with Gasteiger partial charge in [0.15, 0.2) is 0 Å². The molecule has 0 saturated carbocycles. The van der Waals surface area contributed by atoms with Crippen LogP contribution in [0, 0.1) is 0 Å². The van der Waals surface area contributed by atoms with Gasteiger partial charge < -0.3 is 20.9 Å². The van der Waals surface area contributed by atoms with Crippen molar-refractivity contribution in [3.63, 3.8) is 0 Å². The van der Waals surface area contributed by atoms with Crippen LogP contribution in [0.1, 0.15) is 22.5 Å². The highest BCUT2D eigenvalue weighted by molar-refractivity contribution is 7.12. The molecule has 4 amide bonds. The number of urea groups is 1. The molecule has 0 aliphatic carbocycles. The van der Waals surface area contributed by atoms with Crippen LogP contribution in [0.4, 0.5) is 10.5 Å². The molecule has 1 aromatic carbocycles. The number of likely N-dealkylation sites (tertiary alicyclic amines) is 1. The van der Waals surface area contributed by atoms with E-state index in [-0.39, 0.29) is 30.4 Å². The Bertz CT molecular complexity index is 772. The minimum atomic E-state index is -0.243. The summed E-state index contributed by atoms with van der Waals surface area (Å²) in [7, 11) is 0. The van der Waals surface area contributed by atoms with E-state index in [1.165, 1.54) is 11.3 Å². The van der Waals surface area contributed by atoms with Crippen LogP contribution in [0.15, 0.2) is 47.8 Å². The third-order valence-electron chi connectivity index (χ3n) is 4.33. The van der Waals surface area contributed by atoms with Crippen molar-refractivity contribution in [1.29, 1.82) is 0 Å². The zero-order chi connectivity index (χ0) is 19.1. The van der Waals surface area contributed by atoms with Crippen molar-refractivity contribution in [2.75, 3.05) is 25.0 Å². The Morgan fingerprint density at radius 1 is 1.04 bits per heavy atom. The lowest BCUT2D eigenvalue weighted by Crippen LogP contribution is -2.49. The average molecular weight is 386 g/mol. The van der Waals surface area contributed by atoms with Crippen LogP contribution in [-0.4, -0.2) is 48.4 Å². The van der Waals surface area contributed by atoms with E-state index in [9.17, 15) is 14.4 Å². The Kier molecular flexibility index (Phi) is 6.43. The lowest BCUT2D eigenvalue weighted by Gasteiger charge is -2.32. The molecule has 2 aromatic rings. The zero-order valence-electron chi connectivity index (χ0n) is 14.8. The fourth-order valence-corrected chi connectivity index (χ4v) is 3.53. The van der Waals surface area contributed by atoms with Gasteiger partial charge in [0.1, 0.15) is 0 Å². The van der Waals surface area contributed by atoms with Gasteiger partial charge in [0.05, 0.1) is 11.4 Å². The highest BCUT2D eigenvalue weighted by Gasteiger charge is 2.24. The number of rotatable bonds is 5. The van der Waals surface area contributed by atoms with Gasteiger partial charge in [-0.3, -0.25) is 9.59 Å². The maximum atomic E-state index is 12.3. The van der Waals surface area contributed by atoms with Crippen LogP contribution in [0.3, 0.4) is 0 Å². The number of carbonyl (C=O) groups is 3. The molecular weight excluding hydrogens is 364 g/mol. The van der Waals surface area contributed by atoms with Crippen LogP contribution in [-0.2, 0) is 4.79 Å². The van der Waals surface area contributed by atoms with Gasteiger partial charge in [0.25, 0.3) is 5.91 Å². The minimum absolute atomic E-state index is 0.0110. The molecule has 1 fully saturated rings. The summed E-state index contributed by atoms with van der Waals surface area (Å²) in [5, 5.41) is 10.2. The van der Waals surface area contributed by atoms with E-state index in [4.69, 9.17) is 0 Å². The van der Waals surface area contributed by atoms with E-state index >= 15 is 0 Å². The lowest BCUT2D eigenvalue weighted by molar-refractivity contribution is -0.121. The van der Waals surface area contributed by atoms with E-state index in [2.05, 4.69) is 16.0 Å². The number of hydrogen-bond donors (Lipinski definition) is 3. The molecule has 8 heteroatoms. The number of benzene rings is 1. The second-order valence-electron chi connectivity index (χ2n) is 6.28. The predicted octanol–water partition coefficient (Wildman–Crippen LogP) is 2.29. The Balaban J connectivity index is 1.37. The minimum Gasteiger partial charge on any atom is -0.352 e. The number of amides is 4. The number of hydrogen-bond acceptors (Lipinski definition) is 4. The SMILES string of the molecule is O=C(CNC(=O)c1cccs1)NC1CCN(C(=O)Nc2ccccc2)CC1. The van der Waals surface area contributed by atoms with Crippen LogP contribution in [0.2, 0.25) is 0 Å². The van der Waals surface area contributed by atoms with Gasteiger partial charge in [-0.1, -0.05) is 24.3 Å². The molecule has 1 aliphatic heterocycles. The van der Waals surface area contributed by atoms with E-state index < -0.39 is 0 Å². The average Bonchev–Trinajstić information content (AvgIpc) is 3.22. The number of anilines is 1. The van der Waals surface area contributed by atoms with Crippen molar-refractivity contribution in [2.24, 2.45) is 0 Å². The van der Waals surface area contributed by atoms with Crippen LogP contribution >= 0.6 is 11.3 Å². The third-order valence-corrected chi connectivity index (χ3v) is 5.20. The highest BCUT2D eigenvalue weighted by Crippen LogP contribution is 2.13. The third kappa shape index (κ3) is 5.55. The van der Waals surface area contributed by atoms with Crippen molar-refractivity contribution in [3.05, 3.63) is 52.7 Å². The summed E-state index contributed by atoms with van der Waals surface area (Å²) < 4.78 is 0. The summed E-state index contributed by atoms with van der Waals surface area (Å²) in [6.07, 6.45) is 1.37. The lowest BCUT2D eigenvalue weighted by atomic mass is 10.1. The Morgan fingerprint density at radius 2 is 1.78 bits per heavy atom. The van der Waals surface area contributed by atoms with Gasteiger partial charge in [0.2, 0.25) is 5.91 Å². The summed E-state index contributed by atoms with van der Waals surface area (Å²) in [6, 6.07) is 12.7. The Labute approximate surface area is 161 Å². The predicted molar refractivity (Wildman–Crippen MR) is 105 cm³/mol. The summed E-state index contributed by atoms with van der Waals surface area (Å²) in [5.41, 5.74) is 0.763. The van der Waals surface area contributed by atoms with Gasteiger partial charge in [-0.05, 0) is 36.4 Å². The molecule has 2 heterocycles. The first kappa shape index (κ1) is 18.9. The normalized spacial score (nSPS) is 14.4. The smallest absolute Gasteiger partial charge is 0.321 e. The van der Waals surface area contributed by atoms with Crippen molar-refractivity contribution >= 4 is 34.9 Å². The van der Waals surface area contributed by atoms with Gasteiger partial charge in [-0.2, -0.15) is 0 Å². The molecule has 142 valence electrons. The van der Waals surface area contributed by atoms with Gasteiger partial charge in [0, 0.05) is 24.8 Å². The molecule has 1 aromatic heterocycles. The van der Waals surface area contributed by atoms with Gasteiger partial charge >= 0.3 is 6.03 Å². The molecular formula is C19H22N4O3S. The zero-order valence-corrected chi connectivity index (χ0v) is 15.6. The molecule has 0 bridgehead atoms. The fraction of sp³-hybridized carbons (Fsp3) is 0.316. The van der Waals surface area contributed by atoms with E-state index in [1.54, 1.807) is 17.0 Å². The number of thiophene rings is 1. The Morgan fingerprint density at radius 3 is 2.44 bits per heavy atom. The number of para-hydroxylation sites is 1. The first-order valence-electron chi connectivity index (χ1n) is 8.84. The molecule has 0 unspecified atom stereocenters. The largest absolute Gasteiger partial charge is 0.352 e. The van der Waals surface area contributed by atoms with Crippen LogP contribution in [0.5, 0.6) is 0 Å².